The van der Waals surface area contributed by atoms with E-state index in [0.717, 1.165) is 36.4 Å². The Hall–Kier alpha value is -4.12. The molecule has 11 heteroatoms. The number of esters is 2. The molecule has 1 heterocycles. The monoisotopic (exact) mass is 455 g/mol. The minimum atomic E-state index is -1.01. The molecular weight excluding hydrogens is 438 g/mol. The van der Waals surface area contributed by atoms with Crippen molar-refractivity contribution in [1.29, 1.82) is 0 Å². The maximum absolute atomic E-state index is 12.3. The molecule has 0 bridgehead atoms. The highest BCUT2D eigenvalue weighted by Gasteiger charge is 2.20. The summed E-state index contributed by atoms with van der Waals surface area (Å²) in [5.74, 6) is -2.50. The highest BCUT2D eigenvalue weighted by Crippen LogP contribution is 2.25. The number of nitro groups is 1. The molecule has 1 N–H and O–H groups in total. The van der Waals surface area contributed by atoms with Crippen molar-refractivity contribution < 1.29 is 28.8 Å². The largest absolute Gasteiger partial charge is 0.465 e. The summed E-state index contributed by atoms with van der Waals surface area (Å²) in [6, 6.07) is 10.7. The van der Waals surface area contributed by atoms with E-state index in [-0.39, 0.29) is 11.1 Å². The number of methoxy groups -OCH3 is 1. The third kappa shape index (κ3) is 5.52. The molecule has 0 saturated heterocycles. The van der Waals surface area contributed by atoms with E-state index in [4.69, 9.17) is 4.74 Å². The van der Waals surface area contributed by atoms with Crippen LogP contribution >= 0.6 is 11.3 Å². The number of carbonyl (C=O) groups is 3. The maximum Gasteiger partial charge on any atom is 0.338 e. The predicted octanol–water partition coefficient (Wildman–Crippen LogP) is 3.61. The van der Waals surface area contributed by atoms with Crippen LogP contribution in [0.25, 0.3) is 11.3 Å². The van der Waals surface area contributed by atoms with Gasteiger partial charge in [0.2, 0.25) is 0 Å². The van der Waals surface area contributed by atoms with E-state index in [1.54, 1.807) is 5.38 Å². The van der Waals surface area contributed by atoms with Crippen LogP contribution < -0.4 is 5.32 Å². The molecule has 0 atom stereocenters. The van der Waals surface area contributed by atoms with Gasteiger partial charge in [0.25, 0.3) is 11.6 Å². The van der Waals surface area contributed by atoms with Crippen LogP contribution in [-0.2, 0) is 14.3 Å². The van der Waals surface area contributed by atoms with E-state index < -0.39 is 35.1 Å². The van der Waals surface area contributed by atoms with Crippen molar-refractivity contribution in [2.24, 2.45) is 0 Å². The average Bonchev–Trinajstić information content (AvgIpc) is 3.25. The SMILES string of the molecule is COC(=O)c1cc(C(=O)OCC(=O)Nc2nc(-c3ccc(C)cc3)cs2)cc([N+](=O)[O-])c1. The van der Waals surface area contributed by atoms with Crippen LogP contribution in [0, 0.1) is 17.0 Å². The molecule has 0 unspecified atom stereocenters. The van der Waals surface area contributed by atoms with Crippen molar-refractivity contribution in [3.05, 3.63) is 74.6 Å². The molecule has 1 amide bonds. The molecule has 0 aliphatic heterocycles. The normalized spacial score (nSPS) is 10.3. The van der Waals surface area contributed by atoms with Gasteiger partial charge in [-0.25, -0.2) is 14.6 Å². The van der Waals surface area contributed by atoms with E-state index in [9.17, 15) is 24.5 Å². The predicted molar refractivity (Wildman–Crippen MR) is 116 cm³/mol. The van der Waals surface area contributed by atoms with Crippen molar-refractivity contribution in [3.63, 3.8) is 0 Å². The molecule has 0 spiro atoms. The van der Waals surface area contributed by atoms with E-state index >= 15 is 0 Å². The lowest BCUT2D eigenvalue weighted by Gasteiger charge is -2.06. The molecule has 0 fully saturated rings. The summed E-state index contributed by atoms with van der Waals surface area (Å²) in [5.41, 5.74) is 1.76. The fraction of sp³-hybridized carbons (Fsp3) is 0.143. The quantitative estimate of drug-likeness (QED) is 0.324. The highest BCUT2D eigenvalue weighted by molar-refractivity contribution is 7.14. The molecule has 0 radical (unpaired) electrons. The van der Waals surface area contributed by atoms with Crippen LogP contribution in [0.2, 0.25) is 0 Å². The maximum atomic E-state index is 12.3. The Balaban J connectivity index is 1.63. The number of hydrogen-bond donors (Lipinski definition) is 1. The first-order chi connectivity index (χ1) is 15.3. The molecular formula is C21H17N3O7S. The number of aryl methyl sites for hydroxylation is 1. The van der Waals surface area contributed by atoms with E-state index in [1.165, 1.54) is 11.3 Å². The van der Waals surface area contributed by atoms with E-state index in [0.29, 0.717) is 10.8 Å². The second-order valence-electron chi connectivity index (χ2n) is 6.55. The minimum absolute atomic E-state index is 0.190. The van der Waals surface area contributed by atoms with Gasteiger partial charge in [-0.2, -0.15) is 0 Å². The summed E-state index contributed by atoms with van der Waals surface area (Å²) in [7, 11) is 1.10. The number of rotatable bonds is 7. The fourth-order valence-corrected chi connectivity index (χ4v) is 3.36. The van der Waals surface area contributed by atoms with Gasteiger partial charge in [-0.15, -0.1) is 11.3 Å². The van der Waals surface area contributed by atoms with Gasteiger partial charge in [0, 0.05) is 23.1 Å². The van der Waals surface area contributed by atoms with Gasteiger partial charge in [-0.05, 0) is 13.0 Å². The first-order valence-electron chi connectivity index (χ1n) is 9.14. The Morgan fingerprint density at radius 3 is 2.38 bits per heavy atom. The third-order valence-electron chi connectivity index (χ3n) is 4.22. The van der Waals surface area contributed by atoms with E-state index in [2.05, 4.69) is 15.0 Å². The van der Waals surface area contributed by atoms with Gasteiger partial charge in [0.1, 0.15) is 0 Å². The Bertz CT molecular complexity index is 1190. The first-order valence-corrected chi connectivity index (χ1v) is 10.0. The van der Waals surface area contributed by atoms with Crippen LogP contribution in [-0.4, -0.2) is 41.5 Å². The molecule has 32 heavy (non-hydrogen) atoms. The zero-order chi connectivity index (χ0) is 23.3. The van der Waals surface area contributed by atoms with Crippen LogP contribution in [0.1, 0.15) is 26.3 Å². The van der Waals surface area contributed by atoms with Crippen molar-refractivity contribution in [1.82, 2.24) is 4.98 Å². The smallest absolute Gasteiger partial charge is 0.338 e. The van der Waals surface area contributed by atoms with Crippen LogP contribution in [0.3, 0.4) is 0 Å². The fourth-order valence-electron chi connectivity index (χ4n) is 2.63. The molecule has 164 valence electrons. The third-order valence-corrected chi connectivity index (χ3v) is 4.98. The van der Waals surface area contributed by atoms with Crippen LogP contribution in [0.15, 0.2) is 47.8 Å². The molecule has 0 aliphatic carbocycles. The number of nitrogens with zero attached hydrogens (tertiary/aromatic N) is 2. The summed E-state index contributed by atoms with van der Waals surface area (Å²) in [6.45, 7) is 1.33. The number of ether oxygens (including phenoxy) is 2. The summed E-state index contributed by atoms with van der Waals surface area (Å²) >= 11 is 1.21. The summed E-state index contributed by atoms with van der Waals surface area (Å²) in [5, 5.41) is 15.7. The van der Waals surface area contributed by atoms with Crippen molar-refractivity contribution in [2.75, 3.05) is 19.0 Å². The number of thiazole rings is 1. The number of hydrogen-bond acceptors (Lipinski definition) is 9. The summed E-state index contributed by atoms with van der Waals surface area (Å²) < 4.78 is 9.45. The number of benzene rings is 2. The minimum Gasteiger partial charge on any atom is -0.465 e. The zero-order valence-corrected chi connectivity index (χ0v) is 17.8. The topological polar surface area (TPSA) is 138 Å². The standard InChI is InChI=1S/C21H17N3O7S/c1-12-3-5-13(6-4-12)17-11-32-21(22-17)23-18(25)10-31-20(27)15-7-14(19(26)30-2)8-16(9-15)24(28)29/h3-9,11H,10H2,1-2H3,(H,22,23,25). The first kappa shape index (κ1) is 22.6. The van der Waals surface area contributed by atoms with Gasteiger partial charge >= 0.3 is 11.9 Å². The summed E-state index contributed by atoms with van der Waals surface area (Å²) in [4.78, 5) is 50.7. The number of anilines is 1. The van der Waals surface area contributed by atoms with Crippen molar-refractivity contribution >= 4 is 40.0 Å². The van der Waals surface area contributed by atoms with Crippen LogP contribution in [0.5, 0.6) is 0 Å². The van der Waals surface area contributed by atoms with Crippen LogP contribution in [0.4, 0.5) is 10.8 Å². The number of aromatic nitrogens is 1. The molecule has 2 aromatic carbocycles. The Morgan fingerprint density at radius 2 is 1.75 bits per heavy atom. The Morgan fingerprint density at radius 1 is 1.09 bits per heavy atom. The molecule has 10 nitrogen and oxygen atoms in total. The van der Waals surface area contributed by atoms with E-state index in [1.807, 2.05) is 31.2 Å². The zero-order valence-electron chi connectivity index (χ0n) is 17.0. The second-order valence-corrected chi connectivity index (χ2v) is 7.40. The lowest BCUT2D eigenvalue weighted by atomic mass is 10.1. The molecule has 3 aromatic rings. The second kappa shape index (κ2) is 9.79. The number of nitro benzene ring substituents is 1. The molecule has 3 rings (SSSR count). The van der Waals surface area contributed by atoms with Gasteiger partial charge in [-0.3, -0.25) is 20.2 Å². The molecule has 0 saturated carbocycles. The van der Waals surface area contributed by atoms with Crippen molar-refractivity contribution in [2.45, 2.75) is 6.92 Å². The van der Waals surface area contributed by atoms with Gasteiger partial charge < -0.3 is 9.47 Å². The average molecular weight is 455 g/mol. The van der Waals surface area contributed by atoms with Gasteiger partial charge in [-0.1, -0.05) is 29.8 Å². The lowest BCUT2D eigenvalue weighted by Crippen LogP contribution is -2.21. The van der Waals surface area contributed by atoms with Gasteiger partial charge in [0.05, 0.1) is 28.9 Å². The number of nitrogens with one attached hydrogen (secondary N) is 1. The highest BCUT2D eigenvalue weighted by atomic mass is 32.1. The molecule has 0 aliphatic rings. The lowest BCUT2D eigenvalue weighted by molar-refractivity contribution is -0.384. The molecule has 1 aromatic heterocycles. The number of carbonyl (C=O) groups excluding carboxylic acids is 3. The number of non-ortho nitro benzene ring substituents is 1. The Labute approximate surface area is 186 Å². The summed E-state index contributed by atoms with van der Waals surface area (Å²) in [6.07, 6.45) is 0. The van der Waals surface area contributed by atoms with Crippen molar-refractivity contribution in [3.8, 4) is 11.3 Å². The Kier molecular flexibility index (Phi) is 6.90. The van der Waals surface area contributed by atoms with Gasteiger partial charge in [0.15, 0.2) is 11.7 Å². The number of amides is 1.